The predicted octanol–water partition coefficient (Wildman–Crippen LogP) is 5.04. The topological polar surface area (TPSA) is 117 Å². The maximum absolute atomic E-state index is 15.4. The van der Waals surface area contributed by atoms with Gasteiger partial charge in [0.1, 0.15) is 17.7 Å². The van der Waals surface area contributed by atoms with Crippen LogP contribution in [0.1, 0.15) is 66.2 Å². The molecule has 3 N–H and O–H groups in total. The van der Waals surface area contributed by atoms with E-state index in [1.165, 1.54) is 36.9 Å². The van der Waals surface area contributed by atoms with E-state index in [0.717, 1.165) is 24.8 Å². The standard InChI is InChI=1S/C35H40F2N4O5S/c1-46-35(43)40-33(32(25-13-15-26(36)16-14-25)24-11-9-23(10-12-24)22-7-8-22)34(42)39-31-6-2-5-30(37)29(31)18-17-28-20-38-27-4-3-19-47(44,45)41(28)21-27/h2,5-6,9-16,22,27-28,32-33,38H,3-4,7-8,17-21H2,1H3,(H,39,42)(H,40,43)/t27?,28?,32-,33+/m1/s1. The summed E-state index contributed by atoms with van der Waals surface area (Å²) in [6.45, 7) is 0.852. The molecule has 250 valence electrons. The van der Waals surface area contributed by atoms with Crippen molar-refractivity contribution in [2.24, 2.45) is 0 Å². The predicted molar refractivity (Wildman–Crippen MR) is 175 cm³/mol. The molecule has 3 aromatic rings. The highest BCUT2D eigenvalue weighted by Crippen LogP contribution is 2.41. The monoisotopic (exact) mass is 666 g/mol. The number of sulfonamides is 1. The second-order valence-electron chi connectivity index (χ2n) is 12.7. The molecule has 3 fully saturated rings. The third-order valence-electron chi connectivity index (χ3n) is 9.51. The minimum atomic E-state index is -3.42. The van der Waals surface area contributed by atoms with E-state index in [4.69, 9.17) is 4.74 Å². The smallest absolute Gasteiger partial charge is 0.407 e. The number of nitrogens with one attached hydrogen (secondary N) is 3. The summed E-state index contributed by atoms with van der Waals surface area (Å²) in [4.78, 5) is 26.8. The Morgan fingerprint density at radius 2 is 1.70 bits per heavy atom. The fourth-order valence-corrected chi connectivity index (χ4v) is 8.63. The van der Waals surface area contributed by atoms with Crippen molar-refractivity contribution in [1.29, 1.82) is 0 Å². The summed E-state index contributed by atoms with van der Waals surface area (Å²) >= 11 is 0. The van der Waals surface area contributed by atoms with Crippen LogP contribution in [-0.2, 0) is 26.0 Å². The lowest BCUT2D eigenvalue weighted by Gasteiger charge is -2.37. The second kappa shape index (κ2) is 14.1. The molecular formula is C35H40F2N4O5S. The van der Waals surface area contributed by atoms with E-state index in [2.05, 4.69) is 16.0 Å². The van der Waals surface area contributed by atoms with Crippen LogP contribution in [0.3, 0.4) is 0 Å². The zero-order valence-corrected chi connectivity index (χ0v) is 27.1. The Balaban J connectivity index is 1.28. The Morgan fingerprint density at radius 3 is 2.38 bits per heavy atom. The van der Waals surface area contributed by atoms with Gasteiger partial charge in [0.05, 0.1) is 12.9 Å². The van der Waals surface area contributed by atoms with Gasteiger partial charge in [-0.2, -0.15) is 4.31 Å². The SMILES string of the molecule is COC(=O)N[C@H](C(=O)Nc1cccc(F)c1CCC1CNC2CCCS(=O)(=O)N1C2)[C@@H](c1ccc(F)cc1)c1ccc(C2CC2)cc1. The third kappa shape index (κ3) is 7.66. The summed E-state index contributed by atoms with van der Waals surface area (Å²) in [5.41, 5.74) is 2.95. The molecule has 2 bridgehead atoms. The first-order chi connectivity index (χ1) is 22.6. The Hall–Kier alpha value is -3.87. The Kier molecular flexibility index (Phi) is 9.90. The number of hydrogen-bond acceptors (Lipinski definition) is 6. The maximum atomic E-state index is 15.4. The highest BCUT2D eigenvalue weighted by atomic mass is 32.2. The van der Waals surface area contributed by atoms with Crippen LogP contribution in [-0.4, -0.2) is 68.8 Å². The molecule has 0 spiro atoms. The zero-order chi connectivity index (χ0) is 33.1. The molecule has 1 aliphatic carbocycles. The van der Waals surface area contributed by atoms with Crippen molar-refractivity contribution < 1.29 is 31.5 Å². The van der Waals surface area contributed by atoms with Gasteiger partial charge in [0.2, 0.25) is 15.9 Å². The van der Waals surface area contributed by atoms with Crippen molar-refractivity contribution in [2.45, 2.75) is 68.5 Å². The van der Waals surface area contributed by atoms with Crippen LogP contribution in [0.2, 0.25) is 0 Å². The van der Waals surface area contributed by atoms with Crippen LogP contribution >= 0.6 is 0 Å². The lowest BCUT2D eigenvalue weighted by atomic mass is 9.84. The van der Waals surface area contributed by atoms with Crippen molar-refractivity contribution in [3.05, 3.63) is 101 Å². The van der Waals surface area contributed by atoms with E-state index in [-0.39, 0.29) is 35.5 Å². The maximum Gasteiger partial charge on any atom is 0.407 e. The molecule has 5 atom stereocenters. The van der Waals surface area contributed by atoms with Gasteiger partial charge in [-0.3, -0.25) is 4.79 Å². The highest BCUT2D eigenvalue weighted by Gasteiger charge is 2.38. The van der Waals surface area contributed by atoms with Crippen LogP contribution in [0.15, 0.2) is 66.7 Å². The first kappa shape index (κ1) is 33.0. The molecule has 12 heteroatoms. The van der Waals surface area contributed by atoms with Crippen molar-refractivity contribution in [2.75, 3.05) is 31.3 Å². The number of anilines is 1. The summed E-state index contributed by atoms with van der Waals surface area (Å²) in [7, 11) is -2.23. The van der Waals surface area contributed by atoms with Gasteiger partial charge in [-0.15, -0.1) is 0 Å². The molecule has 47 heavy (non-hydrogen) atoms. The fourth-order valence-electron chi connectivity index (χ4n) is 6.82. The number of piperazine rings is 1. The summed E-state index contributed by atoms with van der Waals surface area (Å²) in [5.74, 6) is -1.74. The number of amides is 2. The number of carbonyl (C=O) groups is 2. The Bertz CT molecular complexity index is 1700. The van der Waals surface area contributed by atoms with Gasteiger partial charge in [0.15, 0.2) is 0 Å². The van der Waals surface area contributed by atoms with Gasteiger partial charge in [-0.05, 0) is 85.4 Å². The third-order valence-corrected chi connectivity index (χ3v) is 11.5. The molecule has 2 saturated heterocycles. The molecule has 9 nitrogen and oxygen atoms in total. The van der Waals surface area contributed by atoms with Crippen molar-refractivity contribution in [3.8, 4) is 0 Å². The normalized spacial score (nSPS) is 23.2. The van der Waals surface area contributed by atoms with Crippen LogP contribution in [0, 0.1) is 11.6 Å². The molecule has 6 rings (SSSR count). The number of hydrogen-bond donors (Lipinski definition) is 3. The molecule has 1 saturated carbocycles. The number of halogens is 2. The first-order valence-corrected chi connectivity index (χ1v) is 17.7. The molecule has 2 aliphatic heterocycles. The number of ether oxygens (including phenoxy) is 1. The zero-order valence-electron chi connectivity index (χ0n) is 26.3. The lowest BCUT2D eigenvalue weighted by Crippen LogP contribution is -2.57. The molecule has 2 amide bonds. The number of fused-ring (bicyclic) bond motifs is 2. The number of nitrogens with zero attached hydrogens (tertiary/aromatic N) is 1. The highest BCUT2D eigenvalue weighted by molar-refractivity contribution is 7.89. The molecule has 0 radical (unpaired) electrons. The molecule has 3 aromatic carbocycles. The fraction of sp³-hybridized carbons (Fsp3) is 0.429. The largest absolute Gasteiger partial charge is 0.453 e. The number of methoxy groups -OCH3 is 1. The molecule has 0 aromatic heterocycles. The number of alkyl carbamates (subject to hydrolysis) is 1. The molecule has 3 unspecified atom stereocenters. The van der Waals surface area contributed by atoms with Crippen LogP contribution < -0.4 is 16.0 Å². The average Bonchev–Trinajstić information content (AvgIpc) is 3.92. The van der Waals surface area contributed by atoms with E-state index < -0.39 is 45.6 Å². The van der Waals surface area contributed by atoms with E-state index in [9.17, 15) is 22.4 Å². The van der Waals surface area contributed by atoms with Gasteiger partial charge in [0.25, 0.3) is 0 Å². The summed E-state index contributed by atoms with van der Waals surface area (Å²) in [6.07, 6.45) is 3.30. The van der Waals surface area contributed by atoms with Gasteiger partial charge in [-0.1, -0.05) is 42.5 Å². The van der Waals surface area contributed by atoms with Crippen LogP contribution in [0.25, 0.3) is 0 Å². The van der Waals surface area contributed by atoms with E-state index in [1.54, 1.807) is 22.5 Å². The van der Waals surface area contributed by atoms with Crippen molar-refractivity contribution >= 4 is 27.7 Å². The summed E-state index contributed by atoms with van der Waals surface area (Å²) in [6, 6.07) is 16.5. The quantitative estimate of drug-likeness (QED) is 0.280. The van der Waals surface area contributed by atoms with Gasteiger partial charge >= 0.3 is 6.09 Å². The molecule has 2 heterocycles. The molecular weight excluding hydrogens is 626 g/mol. The Morgan fingerprint density at radius 1 is 1.00 bits per heavy atom. The first-order valence-electron chi connectivity index (χ1n) is 16.1. The van der Waals surface area contributed by atoms with E-state index >= 15 is 4.39 Å². The minimum absolute atomic E-state index is 0.0931. The number of benzene rings is 3. The summed E-state index contributed by atoms with van der Waals surface area (Å²) < 4.78 is 61.8. The van der Waals surface area contributed by atoms with E-state index in [1.807, 2.05) is 24.3 Å². The van der Waals surface area contributed by atoms with Gasteiger partial charge in [0, 0.05) is 42.3 Å². The Labute approximate surface area is 274 Å². The van der Waals surface area contributed by atoms with Crippen molar-refractivity contribution in [3.63, 3.8) is 0 Å². The number of carbonyl (C=O) groups excluding carboxylic acids is 2. The number of rotatable bonds is 10. The van der Waals surface area contributed by atoms with E-state index in [0.29, 0.717) is 37.4 Å². The van der Waals surface area contributed by atoms with Gasteiger partial charge in [-0.25, -0.2) is 22.0 Å². The average molecular weight is 667 g/mol. The minimum Gasteiger partial charge on any atom is -0.453 e. The second-order valence-corrected chi connectivity index (χ2v) is 14.7. The van der Waals surface area contributed by atoms with Crippen molar-refractivity contribution in [1.82, 2.24) is 14.9 Å². The summed E-state index contributed by atoms with van der Waals surface area (Å²) in [5, 5.41) is 8.93. The van der Waals surface area contributed by atoms with Gasteiger partial charge < -0.3 is 20.7 Å². The molecule has 3 aliphatic rings. The van der Waals surface area contributed by atoms with Crippen LogP contribution in [0.4, 0.5) is 19.3 Å². The van der Waals surface area contributed by atoms with Crippen LogP contribution in [0.5, 0.6) is 0 Å². The lowest BCUT2D eigenvalue weighted by molar-refractivity contribution is -0.118.